The zero-order valence-corrected chi connectivity index (χ0v) is 16.0. The normalized spacial score (nSPS) is 12.8. The Balaban J connectivity index is 1.61. The molecule has 4 rings (SSSR count). The van der Waals surface area contributed by atoms with Crippen LogP contribution in [0.15, 0.2) is 54.9 Å². The first kappa shape index (κ1) is 17.6. The first-order valence-electron chi connectivity index (χ1n) is 8.91. The predicted molar refractivity (Wildman–Crippen MR) is 110 cm³/mol. The summed E-state index contributed by atoms with van der Waals surface area (Å²) in [4.78, 5) is 19.1. The number of carbonyl (C=O) groups excluding carboxylic acids is 1. The Hall–Kier alpha value is -2.85. The molecular formula is C22H20ClN3O. The lowest BCUT2D eigenvalue weighted by Gasteiger charge is -2.18. The lowest BCUT2D eigenvalue weighted by atomic mass is 10.1. The van der Waals surface area contributed by atoms with Gasteiger partial charge in [-0.3, -0.25) is 9.78 Å². The maximum Gasteiger partial charge on any atom is 0.259 e. The van der Waals surface area contributed by atoms with E-state index in [1.165, 1.54) is 5.56 Å². The van der Waals surface area contributed by atoms with Crippen LogP contribution in [-0.2, 0) is 6.42 Å². The van der Waals surface area contributed by atoms with Crippen LogP contribution in [0.1, 0.15) is 27.0 Å². The molecule has 27 heavy (non-hydrogen) atoms. The second kappa shape index (κ2) is 7.05. The van der Waals surface area contributed by atoms with Crippen molar-refractivity contribution in [1.29, 1.82) is 0 Å². The Kier molecular flexibility index (Phi) is 4.58. The third-order valence-corrected chi connectivity index (χ3v) is 5.12. The number of para-hydroxylation sites is 1. The Morgan fingerprint density at radius 3 is 2.78 bits per heavy atom. The second-order valence-corrected chi connectivity index (χ2v) is 7.27. The highest BCUT2D eigenvalue weighted by molar-refractivity contribution is 6.33. The molecule has 1 aromatic heterocycles. The number of hydrogen-bond acceptors (Lipinski definition) is 3. The van der Waals surface area contributed by atoms with Crippen molar-refractivity contribution < 1.29 is 4.79 Å². The van der Waals surface area contributed by atoms with Gasteiger partial charge in [0, 0.05) is 18.4 Å². The molecule has 0 unspecified atom stereocenters. The number of anilines is 3. The molecule has 2 heterocycles. The highest BCUT2D eigenvalue weighted by atomic mass is 35.5. The predicted octanol–water partition coefficient (Wildman–Crippen LogP) is 5.30. The van der Waals surface area contributed by atoms with Crippen molar-refractivity contribution in [3.63, 3.8) is 0 Å². The number of hydrogen-bond donors (Lipinski definition) is 1. The van der Waals surface area contributed by atoms with Gasteiger partial charge in [-0.1, -0.05) is 35.9 Å². The van der Waals surface area contributed by atoms with E-state index >= 15 is 0 Å². The molecule has 1 aliphatic rings. The monoisotopic (exact) mass is 377 g/mol. The van der Waals surface area contributed by atoms with Crippen LogP contribution < -0.4 is 10.2 Å². The number of amides is 1. The molecule has 1 amide bonds. The molecule has 0 aliphatic carbocycles. The molecule has 0 bridgehead atoms. The van der Waals surface area contributed by atoms with E-state index in [0.29, 0.717) is 17.1 Å². The van der Waals surface area contributed by atoms with Crippen molar-refractivity contribution in [1.82, 2.24) is 4.98 Å². The standard InChI is InChI=1S/C22H20ClN3O/c1-14-9-15(2)21(19(23)10-14)25-18-11-17(12-24-13-18)22(27)26-8-7-16-5-3-4-6-20(16)26/h3-6,9-13,25H,7-8H2,1-2H3. The van der Waals surface area contributed by atoms with E-state index in [1.54, 1.807) is 12.4 Å². The van der Waals surface area contributed by atoms with Gasteiger partial charge in [-0.25, -0.2) is 0 Å². The SMILES string of the molecule is Cc1cc(C)c(Nc2cncc(C(=O)N3CCc4ccccc43)c2)c(Cl)c1. The summed E-state index contributed by atoms with van der Waals surface area (Å²) in [5, 5.41) is 3.96. The van der Waals surface area contributed by atoms with Crippen LogP contribution in [0.3, 0.4) is 0 Å². The van der Waals surface area contributed by atoms with E-state index in [1.807, 2.05) is 49.1 Å². The minimum Gasteiger partial charge on any atom is -0.353 e. The molecule has 0 radical (unpaired) electrons. The summed E-state index contributed by atoms with van der Waals surface area (Å²) in [6.07, 6.45) is 4.19. The van der Waals surface area contributed by atoms with E-state index in [-0.39, 0.29) is 5.91 Å². The van der Waals surface area contributed by atoms with Crippen LogP contribution in [0.25, 0.3) is 0 Å². The maximum atomic E-state index is 13.0. The quantitative estimate of drug-likeness (QED) is 0.673. The number of aryl methyl sites for hydroxylation is 2. The topological polar surface area (TPSA) is 45.2 Å². The summed E-state index contributed by atoms with van der Waals surface area (Å²) < 4.78 is 0. The van der Waals surface area contributed by atoms with Crippen molar-refractivity contribution in [3.8, 4) is 0 Å². The molecule has 0 fully saturated rings. The Morgan fingerprint density at radius 2 is 1.96 bits per heavy atom. The van der Waals surface area contributed by atoms with Gasteiger partial charge < -0.3 is 10.2 Å². The fraction of sp³-hybridized carbons (Fsp3) is 0.182. The molecule has 0 saturated carbocycles. The molecule has 1 aliphatic heterocycles. The number of pyridine rings is 1. The van der Waals surface area contributed by atoms with E-state index in [2.05, 4.69) is 22.4 Å². The maximum absolute atomic E-state index is 13.0. The zero-order chi connectivity index (χ0) is 19.0. The minimum absolute atomic E-state index is 0.0391. The summed E-state index contributed by atoms with van der Waals surface area (Å²) in [6, 6.07) is 13.8. The number of aromatic nitrogens is 1. The highest BCUT2D eigenvalue weighted by Crippen LogP contribution is 2.31. The summed E-state index contributed by atoms with van der Waals surface area (Å²) in [7, 11) is 0. The van der Waals surface area contributed by atoms with Crippen LogP contribution in [-0.4, -0.2) is 17.4 Å². The average molecular weight is 378 g/mol. The summed E-state index contributed by atoms with van der Waals surface area (Å²) >= 11 is 6.39. The van der Waals surface area contributed by atoms with Gasteiger partial charge in [0.2, 0.25) is 0 Å². The molecular weight excluding hydrogens is 358 g/mol. The molecule has 136 valence electrons. The van der Waals surface area contributed by atoms with Gasteiger partial charge in [0.15, 0.2) is 0 Å². The van der Waals surface area contributed by atoms with E-state index in [0.717, 1.165) is 34.6 Å². The van der Waals surface area contributed by atoms with Crippen molar-refractivity contribution in [2.45, 2.75) is 20.3 Å². The van der Waals surface area contributed by atoms with Crippen LogP contribution in [0, 0.1) is 13.8 Å². The first-order chi connectivity index (χ1) is 13.0. The zero-order valence-electron chi connectivity index (χ0n) is 15.3. The van der Waals surface area contributed by atoms with Gasteiger partial charge in [-0.05, 0) is 55.2 Å². The molecule has 0 spiro atoms. The number of nitrogens with one attached hydrogen (secondary N) is 1. The van der Waals surface area contributed by atoms with Crippen molar-refractivity contribution in [2.75, 3.05) is 16.8 Å². The van der Waals surface area contributed by atoms with Crippen molar-refractivity contribution >= 4 is 34.6 Å². The van der Waals surface area contributed by atoms with Crippen LogP contribution in [0.5, 0.6) is 0 Å². The fourth-order valence-electron chi connectivity index (χ4n) is 3.55. The summed E-state index contributed by atoms with van der Waals surface area (Å²) in [5.41, 5.74) is 6.47. The number of halogens is 1. The highest BCUT2D eigenvalue weighted by Gasteiger charge is 2.25. The second-order valence-electron chi connectivity index (χ2n) is 6.86. The van der Waals surface area contributed by atoms with Gasteiger partial charge in [-0.2, -0.15) is 0 Å². The molecule has 3 aromatic rings. The van der Waals surface area contributed by atoms with Crippen LogP contribution in [0.4, 0.5) is 17.1 Å². The van der Waals surface area contributed by atoms with Gasteiger partial charge in [0.25, 0.3) is 5.91 Å². The van der Waals surface area contributed by atoms with Gasteiger partial charge in [0.05, 0.1) is 28.2 Å². The van der Waals surface area contributed by atoms with Gasteiger partial charge in [-0.15, -0.1) is 0 Å². The Labute approximate surface area is 163 Å². The molecule has 0 saturated heterocycles. The minimum atomic E-state index is -0.0391. The van der Waals surface area contributed by atoms with E-state index in [4.69, 9.17) is 11.6 Å². The van der Waals surface area contributed by atoms with Gasteiger partial charge in [0.1, 0.15) is 0 Å². The number of nitrogens with zero attached hydrogens (tertiary/aromatic N) is 2. The third-order valence-electron chi connectivity index (χ3n) is 4.82. The number of fused-ring (bicyclic) bond motifs is 1. The molecule has 1 N–H and O–H groups in total. The van der Waals surface area contributed by atoms with E-state index < -0.39 is 0 Å². The molecule has 0 atom stereocenters. The molecule has 2 aromatic carbocycles. The Bertz CT molecular complexity index is 1010. The molecule has 5 heteroatoms. The van der Waals surface area contributed by atoms with Crippen molar-refractivity contribution in [2.24, 2.45) is 0 Å². The summed E-state index contributed by atoms with van der Waals surface area (Å²) in [6.45, 7) is 4.71. The summed E-state index contributed by atoms with van der Waals surface area (Å²) in [5.74, 6) is -0.0391. The lowest BCUT2D eigenvalue weighted by Crippen LogP contribution is -2.29. The lowest BCUT2D eigenvalue weighted by molar-refractivity contribution is 0.0989. The number of benzene rings is 2. The Morgan fingerprint density at radius 1 is 1.15 bits per heavy atom. The molecule has 4 nitrogen and oxygen atoms in total. The smallest absolute Gasteiger partial charge is 0.259 e. The largest absolute Gasteiger partial charge is 0.353 e. The van der Waals surface area contributed by atoms with Gasteiger partial charge >= 0.3 is 0 Å². The fourth-order valence-corrected chi connectivity index (χ4v) is 3.92. The van der Waals surface area contributed by atoms with Crippen LogP contribution in [0.2, 0.25) is 5.02 Å². The van der Waals surface area contributed by atoms with Crippen molar-refractivity contribution in [3.05, 3.63) is 82.1 Å². The van der Waals surface area contributed by atoms with E-state index in [9.17, 15) is 4.79 Å². The third kappa shape index (κ3) is 3.40. The van der Waals surface area contributed by atoms with Crippen LogP contribution >= 0.6 is 11.6 Å². The average Bonchev–Trinajstić information content (AvgIpc) is 3.08. The number of rotatable bonds is 3. The number of carbonyl (C=O) groups is 1. The first-order valence-corrected chi connectivity index (χ1v) is 9.29.